The van der Waals surface area contributed by atoms with Gasteiger partial charge in [-0.25, -0.2) is 4.79 Å². The SMILES string of the molecule is O=C(NCCCNCc1ccc(Br)[nH]1)Nc1ccc(C(F)(F)F)cc1. The molecule has 0 unspecified atom stereocenters. The summed E-state index contributed by atoms with van der Waals surface area (Å²) in [6.07, 6.45) is -3.66. The largest absolute Gasteiger partial charge is 0.416 e. The highest BCUT2D eigenvalue weighted by atomic mass is 79.9. The first-order chi connectivity index (χ1) is 11.8. The molecule has 1 aromatic carbocycles. The number of nitrogens with one attached hydrogen (secondary N) is 4. The van der Waals surface area contributed by atoms with Crippen LogP contribution in [-0.2, 0) is 12.7 Å². The maximum atomic E-state index is 12.5. The van der Waals surface area contributed by atoms with E-state index in [1.165, 1.54) is 12.1 Å². The molecule has 0 spiro atoms. The molecule has 0 saturated heterocycles. The number of halogens is 4. The third kappa shape index (κ3) is 6.79. The van der Waals surface area contributed by atoms with Crippen molar-refractivity contribution < 1.29 is 18.0 Å². The Bertz CT molecular complexity index is 685. The lowest BCUT2D eigenvalue weighted by Crippen LogP contribution is -2.31. The third-order valence-corrected chi connectivity index (χ3v) is 3.77. The predicted octanol–water partition coefficient (Wildman–Crippen LogP) is 4.10. The van der Waals surface area contributed by atoms with E-state index in [0.717, 1.165) is 35.4 Å². The van der Waals surface area contributed by atoms with Crippen LogP contribution in [0.15, 0.2) is 41.0 Å². The molecule has 0 aliphatic heterocycles. The summed E-state index contributed by atoms with van der Waals surface area (Å²) in [7, 11) is 0. The van der Waals surface area contributed by atoms with Crippen molar-refractivity contribution in [3.05, 3.63) is 52.3 Å². The zero-order valence-electron chi connectivity index (χ0n) is 13.2. The van der Waals surface area contributed by atoms with Crippen LogP contribution in [0.1, 0.15) is 17.7 Å². The second-order valence-corrected chi connectivity index (χ2v) is 6.17. The van der Waals surface area contributed by atoms with Crippen molar-refractivity contribution in [2.75, 3.05) is 18.4 Å². The lowest BCUT2D eigenvalue weighted by Gasteiger charge is -2.10. The molecule has 0 aliphatic rings. The molecule has 0 saturated carbocycles. The number of rotatable bonds is 7. The molecule has 1 heterocycles. The van der Waals surface area contributed by atoms with E-state index in [-0.39, 0.29) is 0 Å². The second-order valence-electron chi connectivity index (χ2n) is 5.32. The van der Waals surface area contributed by atoms with Gasteiger partial charge in [-0.1, -0.05) is 0 Å². The number of anilines is 1. The molecule has 1 aromatic heterocycles. The highest BCUT2D eigenvalue weighted by Gasteiger charge is 2.29. The van der Waals surface area contributed by atoms with E-state index in [9.17, 15) is 18.0 Å². The lowest BCUT2D eigenvalue weighted by atomic mass is 10.2. The number of hydrogen-bond donors (Lipinski definition) is 4. The van der Waals surface area contributed by atoms with Crippen LogP contribution >= 0.6 is 15.9 Å². The van der Waals surface area contributed by atoms with Gasteiger partial charge in [-0.15, -0.1) is 0 Å². The first-order valence-corrected chi connectivity index (χ1v) is 8.40. The first-order valence-electron chi connectivity index (χ1n) is 7.61. The minimum absolute atomic E-state index is 0.306. The normalized spacial score (nSPS) is 11.4. The molecule has 0 atom stereocenters. The molecule has 5 nitrogen and oxygen atoms in total. The fourth-order valence-corrected chi connectivity index (χ4v) is 2.46. The minimum atomic E-state index is -4.38. The molecular weight excluding hydrogens is 401 g/mol. The molecule has 136 valence electrons. The van der Waals surface area contributed by atoms with Crippen LogP contribution in [0.2, 0.25) is 0 Å². The lowest BCUT2D eigenvalue weighted by molar-refractivity contribution is -0.137. The number of urea groups is 1. The Morgan fingerprint density at radius 3 is 2.40 bits per heavy atom. The van der Waals surface area contributed by atoms with Crippen LogP contribution in [0, 0.1) is 0 Å². The standard InChI is InChI=1S/C16H18BrF3N4O/c17-14-7-6-13(23-14)10-21-8-1-9-22-15(25)24-12-4-2-11(3-5-12)16(18,19)20/h2-7,21,23H,1,8-10H2,(H2,22,24,25). The zero-order chi connectivity index (χ0) is 18.3. The van der Waals surface area contributed by atoms with Crippen LogP contribution < -0.4 is 16.0 Å². The Morgan fingerprint density at radius 1 is 1.08 bits per heavy atom. The molecule has 9 heteroatoms. The second kappa shape index (κ2) is 8.91. The number of carbonyl (C=O) groups is 1. The van der Waals surface area contributed by atoms with Crippen LogP contribution in [-0.4, -0.2) is 24.1 Å². The summed E-state index contributed by atoms with van der Waals surface area (Å²) in [5.74, 6) is 0. The van der Waals surface area contributed by atoms with Crippen molar-refractivity contribution in [2.24, 2.45) is 0 Å². The first kappa shape index (κ1) is 19.3. The van der Waals surface area contributed by atoms with E-state index in [0.29, 0.717) is 18.8 Å². The van der Waals surface area contributed by atoms with E-state index in [4.69, 9.17) is 0 Å². The van der Waals surface area contributed by atoms with E-state index in [1.54, 1.807) is 0 Å². The highest BCUT2D eigenvalue weighted by Crippen LogP contribution is 2.29. The average molecular weight is 419 g/mol. The van der Waals surface area contributed by atoms with Gasteiger partial charge in [0.2, 0.25) is 0 Å². The maximum absolute atomic E-state index is 12.5. The van der Waals surface area contributed by atoms with Crippen LogP contribution in [0.4, 0.5) is 23.7 Å². The van der Waals surface area contributed by atoms with Crippen molar-refractivity contribution in [3.8, 4) is 0 Å². The molecule has 0 fully saturated rings. The Kier molecular flexibility index (Phi) is 6.89. The summed E-state index contributed by atoms with van der Waals surface area (Å²) < 4.78 is 38.3. The van der Waals surface area contributed by atoms with Crippen molar-refractivity contribution in [3.63, 3.8) is 0 Å². The minimum Gasteiger partial charge on any atom is -0.352 e. The van der Waals surface area contributed by atoms with Gasteiger partial charge in [-0.05, 0) is 65.3 Å². The Morgan fingerprint density at radius 2 is 1.80 bits per heavy atom. The Balaban J connectivity index is 1.60. The molecule has 2 rings (SSSR count). The van der Waals surface area contributed by atoms with Gasteiger partial charge in [0.05, 0.1) is 10.2 Å². The van der Waals surface area contributed by atoms with Gasteiger partial charge >= 0.3 is 12.2 Å². The molecule has 0 bridgehead atoms. The molecule has 25 heavy (non-hydrogen) atoms. The van der Waals surface area contributed by atoms with Crippen LogP contribution in [0.25, 0.3) is 0 Å². The smallest absolute Gasteiger partial charge is 0.352 e. The number of benzene rings is 1. The summed E-state index contributed by atoms with van der Waals surface area (Å²) in [6.45, 7) is 1.87. The molecular formula is C16H18BrF3N4O. The fourth-order valence-electron chi connectivity index (χ4n) is 2.07. The number of aromatic amines is 1. The summed E-state index contributed by atoms with van der Waals surface area (Å²) >= 11 is 3.33. The van der Waals surface area contributed by atoms with Crippen molar-refractivity contribution in [1.29, 1.82) is 0 Å². The van der Waals surface area contributed by atoms with Crippen molar-refractivity contribution in [2.45, 2.75) is 19.1 Å². The fraction of sp³-hybridized carbons (Fsp3) is 0.312. The van der Waals surface area contributed by atoms with Crippen molar-refractivity contribution >= 4 is 27.6 Å². The maximum Gasteiger partial charge on any atom is 0.416 e. The Hall–Kier alpha value is -2.00. The summed E-state index contributed by atoms with van der Waals surface area (Å²) in [6, 6.07) is 7.73. The monoisotopic (exact) mass is 418 g/mol. The molecule has 2 amide bonds. The van der Waals surface area contributed by atoms with E-state index < -0.39 is 17.8 Å². The van der Waals surface area contributed by atoms with Crippen LogP contribution in [0.5, 0.6) is 0 Å². The summed E-state index contributed by atoms with van der Waals surface area (Å²) in [5.41, 5.74) is 0.611. The predicted molar refractivity (Wildman–Crippen MR) is 93.3 cm³/mol. The number of amides is 2. The third-order valence-electron chi connectivity index (χ3n) is 3.31. The van der Waals surface area contributed by atoms with E-state index in [2.05, 4.69) is 36.9 Å². The van der Waals surface area contributed by atoms with Gasteiger partial charge in [0.25, 0.3) is 0 Å². The van der Waals surface area contributed by atoms with Gasteiger partial charge in [0, 0.05) is 24.5 Å². The van der Waals surface area contributed by atoms with Gasteiger partial charge in [-0.2, -0.15) is 13.2 Å². The molecule has 4 N–H and O–H groups in total. The zero-order valence-corrected chi connectivity index (χ0v) is 14.8. The van der Waals surface area contributed by atoms with Gasteiger partial charge < -0.3 is 20.9 Å². The Labute approximate surface area is 151 Å². The van der Waals surface area contributed by atoms with E-state index in [1.807, 2.05) is 12.1 Å². The molecule has 0 radical (unpaired) electrons. The summed E-state index contributed by atoms with van der Waals surface area (Å²) in [5, 5.41) is 8.37. The number of alkyl halides is 3. The number of H-pyrrole nitrogens is 1. The van der Waals surface area contributed by atoms with E-state index >= 15 is 0 Å². The quantitative estimate of drug-likeness (QED) is 0.511. The van der Waals surface area contributed by atoms with Gasteiger partial charge in [0.15, 0.2) is 0 Å². The van der Waals surface area contributed by atoms with Crippen molar-refractivity contribution in [1.82, 2.24) is 15.6 Å². The number of carbonyl (C=O) groups excluding carboxylic acids is 1. The summed E-state index contributed by atoms with van der Waals surface area (Å²) in [4.78, 5) is 14.8. The number of aromatic nitrogens is 1. The average Bonchev–Trinajstić information content (AvgIpc) is 2.96. The van der Waals surface area contributed by atoms with Crippen LogP contribution in [0.3, 0.4) is 0 Å². The molecule has 0 aliphatic carbocycles. The molecule has 2 aromatic rings. The topological polar surface area (TPSA) is 69.0 Å². The number of hydrogen-bond acceptors (Lipinski definition) is 2. The highest BCUT2D eigenvalue weighted by molar-refractivity contribution is 9.10. The van der Waals surface area contributed by atoms with Gasteiger partial charge in [0.1, 0.15) is 0 Å². The van der Waals surface area contributed by atoms with Gasteiger partial charge in [-0.3, -0.25) is 0 Å².